The molecular weight excluding hydrogens is 252 g/mol. The van der Waals surface area contributed by atoms with Gasteiger partial charge in [-0.1, -0.05) is 30.3 Å². The molecule has 108 valence electrons. The molecule has 1 aromatic rings. The molecule has 4 nitrogen and oxygen atoms in total. The SMILES string of the molecule is CN1CC[C@H]2CCN(C(=O)OCc3ccccc3)C[C@H]21. The summed E-state index contributed by atoms with van der Waals surface area (Å²) in [5, 5.41) is 0. The number of carbonyl (C=O) groups excluding carboxylic acids is 1. The van der Waals surface area contributed by atoms with Crippen molar-refractivity contribution in [3.8, 4) is 0 Å². The minimum atomic E-state index is -0.174. The molecule has 0 N–H and O–H groups in total. The maximum Gasteiger partial charge on any atom is 0.410 e. The normalized spacial score (nSPS) is 26.4. The molecule has 0 unspecified atom stereocenters. The third kappa shape index (κ3) is 2.80. The lowest BCUT2D eigenvalue weighted by Gasteiger charge is -2.36. The van der Waals surface area contributed by atoms with Crippen LogP contribution in [0.1, 0.15) is 18.4 Å². The number of carbonyl (C=O) groups is 1. The van der Waals surface area contributed by atoms with E-state index in [0.29, 0.717) is 12.6 Å². The van der Waals surface area contributed by atoms with Crippen LogP contribution >= 0.6 is 0 Å². The van der Waals surface area contributed by atoms with Gasteiger partial charge in [0.2, 0.25) is 0 Å². The summed E-state index contributed by atoms with van der Waals surface area (Å²) < 4.78 is 5.42. The Hall–Kier alpha value is -1.55. The predicted octanol–water partition coefficient (Wildman–Crippen LogP) is 2.35. The molecule has 0 aromatic heterocycles. The summed E-state index contributed by atoms with van der Waals surface area (Å²) in [6, 6.07) is 10.4. The Morgan fingerprint density at radius 1 is 1.25 bits per heavy atom. The van der Waals surface area contributed by atoms with E-state index >= 15 is 0 Å². The minimum absolute atomic E-state index is 0.174. The van der Waals surface area contributed by atoms with Crippen molar-refractivity contribution in [2.75, 3.05) is 26.7 Å². The molecule has 4 heteroatoms. The first-order valence-corrected chi connectivity index (χ1v) is 7.40. The summed E-state index contributed by atoms with van der Waals surface area (Å²) in [6.07, 6.45) is 2.20. The van der Waals surface area contributed by atoms with Crippen LogP contribution in [0.2, 0.25) is 0 Å². The van der Waals surface area contributed by atoms with E-state index in [0.717, 1.165) is 37.5 Å². The van der Waals surface area contributed by atoms with E-state index in [-0.39, 0.29) is 6.09 Å². The van der Waals surface area contributed by atoms with Crippen molar-refractivity contribution in [2.24, 2.45) is 5.92 Å². The highest BCUT2D eigenvalue weighted by atomic mass is 16.6. The quantitative estimate of drug-likeness (QED) is 0.830. The van der Waals surface area contributed by atoms with Gasteiger partial charge in [0.25, 0.3) is 0 Å². The summed E-state index contributed by atoms with van der Waals surface area (Å²) in [7, 11) is 2.16. The van der Waals surface area contributed by atoms with Gasteiger partial charge in [-0.15, -0.1) is 0 Å². The third-order valence-electron chi connectivity index (χ3n) is 4.60. The number of benzene rings is 1. The second kappa shape index (κ2) is 5.83. The number of hydrogen-bond acceptors (Lipinski definition) is 3. The molecule has 2 heterocycles. The van der Waals surface area contributed by atoms with Gasteiger partial charge in [-0.3, -0.25) is 0 Å². The van der Waals surface area contributed by atoms with E-state index in [9.17, 15) is 4.79 Å². The van der Waals surface area contributed by atoms with Crippen LogP contribution in [-0.4, -0.2) is 48.6 Å². The molecule has 2 fully saturated rings. The summed E-state index contributed by atoms with van der Waals surface area (Å²) in [4.78, 5) is 16.4. The average Bonchev–Trinajstić information content (AvgIpc) is 2.87. The third-order valence-corrected chi connectivity index (χ3v) is 4.60. The lowest BCUT2D eigenvalue weighted by Crippen LogP contribution is -2.49. The van der Waals surface area contributed by atoms with Crippen molar-refractivity contribution in [1.82, 2.24) is 9.80 Å². The zero-order chi connectivity index (χ0) is 13.9. The topological polar surface area (TPSA) is 32.8 Å². The first kappa shape index (κ1) is 13.4. The number of piperidine rings is 1. The molecule has 3 rings (SSSR count). The van der Waals surface area contributed by atoms with E-state index in [4.69, 9.17) is 4.74 Å². The number of likely N-dealkylation sites (tertiary alicyclic amines) is 2. The number of nitrogens with zero attached hydrogens (tertiary/aromatic N) is 2. The lowest BCUT2D eigenvalue weighted by molar-refractivity contribution is 0.0658. The van der Waals surface area contributed by atoms with Gasteiger partial charge in [-0.2, -0.15) is 0 Å². The number of likely N-dealkylation sites (N-methyl/N-ethyl adjacent to an activating group) is 1. The molecule has 0 saturated carbocycles. The summed E-state index contributed by atoms with van der Waals surface area (Å²) in [6.45, 7) is 3.17. The molecule has 1 amide bonds. The Balaban J connectivity index is 1.53. The summed E-state index contributed by atoms with van der Waals surface area (Å²) >= 11 is 0. The van der Waals surface area contributed by atoms with Crippen molar-refractivity contribution < 1.29 is 9.53 Å². The zero-order valence-corrected chi connectivity index (χ0v) is 12.0. The number of amides is 1. The van der Waals surface area contributed by atoms with Crippen molar-refractivity contribution in [3.05, 3.63) is 35.9 Å². The standard InChI is InChI=1S/C16H22N2O2/c1-17-9-7-14-8-10-18(11-15(14)17)16(19)20-12-13-5-3-2-4-6-13/h2-6,14-15H,7-12H2,1H3/t14-,15+/m0/s1. The van der Waals surface area contributed by atoms with E-state index < -0.39 is 0 Å². The van der Waals surface area contributed by atoms with Crippen LogP contribution in [0.25, 0.3) is 0 Å². The maximum absolute atomic E-state index is 12.2. The van der Waals surface area contributed by atoms with Gasteiger partial charge in [0.1, 0.15) is 6.61 Å². The van der Waals surface area contributed by atoms with Crippen molar-refractivity contribution in [2.45, 2.75) is 25.5 Å². The Kier molecular flexibility index (Phi) is 3.92. The van der Waals surface area contributed by atoms with Crippen LogP contribution in [0.4, 0.5) is 4.79 Å². The number of fused-ring (bicyclic) bond motifs is 1. The van der Waals surface area contributed by atoms with Gasteiger partial charge in [-0.25, -0.2) is 4.79 Å². The van der Waals surface area contributed by atoms with Crippen LogP contribution in [0, 0.1) is 5.92 Å². The Morgan fingerprint density at radius 2 is 2.00 bits per heavy atom. The molecule has 2 aliphatic heterocycles. The summed E-state index contributed by atoms with van der Waals surface area (Å²) in [5.41, 5.74) is 1.04. The molecule has 1 aromatic carbocycles. The van der Waals surface area contributed by atoms with Crippen LogP contribution in [0.5, 0.6) is 0 Å². The molecular formula is C16H22N2O2. The smallest absolute Gasteiger partial charge is 0.410 e. The summed E-state index contributed by atoms with van der Waals surface area (Å²) in [5.74, 6) is 0.762. The van der Waals surface area contributed by atoms with Crippen LogP contribution in [0.3, 0.4) is 0 Å². The molecule has 20 heavy (non-hydrogen) atoms. The zero-order valence-electron chi connectivity index (χ0n) is 12.0. The van der Waals surface area contributed by atoms with Crippen LogP contribution in [0.15, 0.2) is 30.3 Å². The Morgan fingerprint density at radius 3 is 2.80 bits per heavy atom. The highest BCUT2D eigenvalue weighted by Crippen LogP contribution is 2.30. The lowest BCUT2D eigenvalue weighted by atomic mass is 9.92. The van der Waals surface area contributed by atoms with Crippen molar-refractivity contribution in [3.63, 3.8) is 0 Å². The van der Waals surface area contributed by atoms with Gasteiger partial charge < -0.3 is 14.5 Å². The van der Waals surface area contributed by atoms with Gasteiger partial charge >= 0.3 is 6.09 Å². The van der Waals surface area contributed by atoms with E-state index in [1.807, 2.05) is 35.2 Å². The average molecular weight is 274 g/mol. The van der Waals surface area contributed by atoms with E-state index in [2.05, 4.69) is 11.9 Å². The predicted molar refractivity (Wildman–Crippen MR) is 77.3 cm³/mol. The Bertz CT molecular complexity index is 463. The fraction of sp³-hybridized carbons (Fsp3) is 0.562. The fourth-order valence-corrected chi connectivity index (χ4v) is 3.33. The highest BCUT2D eigenvalue weighted by Gasteiger charge is 2.38. The fourth-order valence-electron chi connectivity index (χ4n) is 3.33. The highest BCUT2D eigenvalue weighted by molar-refractivity contribution is 5.67. The molecule has 2 atom stereocenters. The number of hydrogen-bond donors (Lipinski definition) is 0. The van der Waals surface area contributed by atoms with Gasteiger partial charge in [-0.05, 0) is 37.9 Å². The monoisotopic (exact) mass is 274 g/mol. The molecule has 2 saturated heterocycles. The van der Waals surface area contributed by atoms with E-state index in [1.165, 1.54) is 6.42 Å². The maximum atomic E-state index is 12.2. The second-order valence-electron chi connectivity index (χ2n) is 5.87. The van der Waals surface area contributed by atoms with Crippen molar-refractivity contribution >= 4 is 6.09 Å². The first-order chi connectivity index (χ1) is 9.74. The molecule has 0 bridgehead atoms. The molecule has 0 spiro atoms. The number of rotatable bonds is 2. The van der Waals surface area contributed by atoms with Gasteiger partial charge in [0.05, 0.1) is 0 Å². The largest absolute Gasteiger partial charge is 0.445 e. The molecule has 0 radical (unpaired) electrons. The van der Waals surface area contributed by atoms with Gasteiger partial charge in [0, 0.05) is 19.1 Å². The van der Waals surface area contributed by atoms with Crippen LogP contribution < -0.4 is 0 Å². The molecule has 2 aliphatic rings. The number of ether oxygens (including phenoxy) is 1. The first-order valence-electron chi connectivity index (χ1n) is 7.40. The minimum Gasteiger partial charge on any atom is -0.445 e. The van der Waals surface area contributed by atoms with Crippen LogP contribution in [-0.2, 0) is 11.3 Å². The van der Waals surface area contributed by atoms with Crippen molar-refractivity contribution in [1.29, 1.82) is 0 Å². The second-order valence-corrected chi connectivity index (χ2v) is 5.87. The Labute approximate surface area is 120 Å². The van der Waals surface area contributed by atoms with E-state index in [1.54, 1.807) is 0 Å². The van der Waals surface area contributed by atoms with Gasteiger partial charge in [0.15, 0.2) is 0 Å². The molecule has 0 aliphatic carbocycles.